The molecule has 2 heterocycles. The van der Waals surface area contributed by atoms with E-state index >= 15 is 0 Å². The predicted octanol–water partition coefficient (Wildman–Crippen LogP) is 4.62. The number of methoxy groups -OCH3 is 1. The zero-order valence-corrected chi connectivity index (χ0v) is 22.0. The summed E-state index contributed by atoms with van der Waals surface area (Å²) in [5, 5.41) is 9.52. The van der Waals surface area contributed by atoms with Crippen LogP contribution in [0.15, 0.2) is 59.3 Å². The topological polar surface area (TPSA) is 87.7 Å². The molecular formula is C26H31N3O4S2. The van der Waals surface area contributed by atoms with Crippen molar-refractivity contribution in [2.45, 2.75) is 45.3 Å². The Hall–Kier alpha value is -3.17. The number of thiophene rings is 2. The highest BCUT2D eigenvalue weighted by Gasteiger charge is 2.34. The van der Waals surface area contributed by atoms with Crippen LogP contribution in [0, 0.1) is 0 Å². The van der Waals surface area contributed by atoms with Gasteiger partial charge in [-0.15, -0.1) is 22.7 Å². The van der Waals surface area contributed by atoms with Gasteiger partial charge in [0.05, 0.1) is 25.1 Å². The second kappa shape index (κ2) is 12.0. The minimum absolute atomic E-state index is 0.223. The van der Waals surface area contributed by atoms with Crippen molar-refractivity contribution < 1.29 is 19.1 Å². The van der Waals surface area contributed by atoms with E-state index in [1.54, 1.807) is 48.9 Å². The standard InChI is InChI=1S/C26H31N3O4S2/c1-5-26(2,3)28-25(32)23(18-10-12-19(33-4)13-11-18)29(17-20-8-6-14-34-20)22(30)16-27-24(31)21-9-7-15-35-21/h6-15,23H,5,16-17H2,1-4H3,(H,27,31)(H,28,32)/t23-/m1/s1. The molecule has 0 saturated heterocycles. The molecule has 0 radical (unpaired) electrons. The SMILES string of the molecule is CCC(C)(C)NC(=O)[C@@H](c1ccc(OC)cc1)N(Cc1cccs1)C(=O)CNC(=O)c1cccs1. The molecule has 3 rings (SSSR count). The van der Waals surface area contributed by atoms with E-state index in [2.05, 4.69) is 10.6 Å². The first kappa shape index (κ1) is 26.4. The molecular weight excluding hydrogens is 482 g/mol. The number of hydrogen-bond acceptors (Lipinski definition) is 6. The maximum atomic E-state index is 13.7. The number of amides is 3. The molecule has 2 aromatic heterocycles. The minimum Gasteiger partial charge on any atom is -0.497 e. The summed E-state index contributed by atoms with van der Waals surface area (Å²) in [6, 6.07) is 13.6. The number of ether oxygens (including phenoxy) is 1. The van der Waals surface area contributed by atoms with Crippen LogP contribution >= 0.6 is 22.7 Å². The van der Waals surface area contributed by atoms with Gasteiger partial charge in [-0.25, -0.2) is 0 Å². The van der Waals surface area contributed by atoms with Crippen molar-refractivity contribution in [3.63, 3.8) is 0 Å². The quantitative estimate of drug-likeness (QED) is 0.392. The largest absolute Gasteiger partial charge is 0.497 e. The maximum absolute atomic E-state index is 13.7. The van der Waals surface area contributed by atoms with Crippen molar-refractivity contribution >= 4 is 40.4 Å². The number of carbonyl (C=O) groups is 3. The molecule has 3 aromatic rings. The summed E-state index contributed by atoms with van der Waals surface area (Å²) in [5.41, 5.74) is 0.206. The number of carbonyl (C=O) groups excluding carboxylic acids is 3. The van der Waals surface area contributed by atoms with Gasteiger partial charge in [0.1, 0.15) is 11.8 Å². The molecule has 0 fully saturated rings. The molecule has 0 saturated carbocycles. The fourth-order valence-corrected chi connectivity index (χ4v) is 4.74. The molecule has 0 unspecified atom stereocenters. The Kier molecular flexibility index (Phi) is 9.06. The van der Waals surface area contributed by atoms with Crippen LogP contribution in [0.25, 0.3) is 0 Å². The van der Waals surface area contributed by atoms with E-state index in [1.807, 2.05) is 38.3 Å². The maximum Gasteiger partial charge on any atom is 0.261 e. The van der Waals surface area contributed by atoms with Crippen LogP contribution in [-0.4, -0.2) is 41.8 Å². The molecule has 1 aromatic carbocycles. The zero-order valence-electron chi connectivity index (χ0n) is 20.4. The highest BCUT2D eigenvalue weighted by Crippen LogP contribution is 2.28. The van der Waals surface area contributed by atoms with Crippen LogP contribution in [0.3, 0.4) is 0 Å². The van der Waals surface area contributed by atoms with Crippen molar-refractivity contribution in [3.8, 4) is 5.75 Å². The first-order valence-electron chi connectivity index (χ1n) is 11.3. The van der Waals surface area contributed by atoms with Gasteiger partial charge in [-0.3, -0.25) is 14.4 Å². The lowest BCUT2D eigenvalue weighted by Gasteiger charge is -2.34. The van der Waals surface area contributed by atoms with E-state index in [0.717, 1.165) is 11.3 Å². The van der Waals surface area contributed by atoms with Gasteiger partial charge in [0.15, 0.2) is 0 Å². The van der Waals surface area contributed by atoms with Gasteiger partial charge in [-0.2, -0.15) is 0 Å². The fraction of sp³-hybridized carbons (Fsp3) is 0.346. The molecule has 1 atom stereocenters. The van der Waals surface area contributed by atoms with E-state index in [0.29, 0.717) is 16.2 Å². The number of rotatable bonds is 11. The Labute approximate surface area is 214 Å². The average Bonchev–Trinajstić information content (AvgIpc) is 3.56. The summed E-state index contributed by atoms with van der Waals surface area (Å²) in [6.07, 6.45) is 0.726. The molecule has 0 aliphatic carbocycles. The van der Waals surface area contributed by atoms with E-state index in [-0.39, 0.29) is 30.8 Å². The second-order valence-corrected chi connectivity index (χ2v) is 10.6. The summed E-state index contributed by atoms with van der Waals surface area (Å²) in [7, 11) is 1.58. The summed E-state index contributed by atoms with van der Waals surface area (Å²) in [6.45, 7) is 5.91. The molecule has 186 valence electrons. The molecule has 7 nitrogen and oxygen atoms in total. The predicted molar refractivity (Wildman–Crippen MR) is 140 cm³/mol. The number of benzene rings is 1. The van der Waals surface area contributed by atoms with Gasteiger partial charge in [0.25, 0.3) is 5.91 Å². The van der Waals surface area contributed by atoms with Crippen LogP contribution in [-0.2, 0) is 16.1 Å². The summed E-state index contributed by atoms with van der Waals surface area (Å²) in [4.78, 5) is 42.6. The number of hydrogen-bond donors (Lipinski definition) is 2. The third-order valence-electron chi connectivity index (χ3n) is 5.71. The zero-order chi connectivity index (χ0) is 25.4. The third-order valence-corrected chi connectivity index (χ3v) is 7.44. The normalized spacial score (nSPS) is 12.0. The van der Waals surface area contributed by atoms with E-state index in [4.69, 9.17) is 4.74 Å². The molecule has 35 heavy (non-hydrogen) atoms. The van der Waals surface area contributed by atoms with Gasteiger partial charge in [-0.1, -0.05) is 31.2 Å². The van der Waals surface area contributed by atoms with Gasteiger partial charge in [-0.05, 0) is 60.9 Å². The lowest BCUT2D eigenvalue weighted by atomic mass is 9.98. The van der Waals surface area contributed by atoms with Crippen molar-refractivity contribution in [1.82, 2.24) is 15.5 Å². The smallest absolute Gasteiger partial charge is 0.261 e. The Morgan fingerprint density at radius 2 is 1.71 bits per heavy atom. The Balaban J connectivity index is 1.94. The first-order chi connectivity index (χ1) is 16.7. The lowest BCUT2D eigenvalue weighted by Crippen LogP contribution is -2.51. The Morgan fingerprint density at radius 1 is 1.03 bits per heavy atom. The molecule has 0 spiro atoms. The molecule has 0 aliphatic rings. The highest BCUT2D eigenvalue weighted by atomic mass is 32.1. The average molecular weight is 514 g/mol. The summed E-state index contributed by atoms with van der Waals surface area (Å²) >= 11 is 2.81. The molecule has 0 aliphatic heterocycles. The summed E-state index contributed by atoms with van der Waals surface area (Å²) < 4.78 is 5.27. The van der Waals surface area contributed by atoms with Crippen molar-refractivity contribution in [1.29, 1.82) is 0 Å². The van der Waals surface area contributed by atoms with Gasteiger partial charge in [0.2, 0.25) is 11.8 Å². The Morgan fingerprint density at radius 3 is 2.29 bits per heavy atom. The molecule has 3 amide bonds. The fourth-order valence-electron chi connectivity index (χ4n) is 3.40. The van der Waals surface area contributed by atoms with Crippen LogP contribution in [0.4, 0.5) is 0 Å². The molecule has 9 heteroatoms. The molecule has 2 N–H and O–H groups in total. The van der Waals surface area contributed by atoms with Gasteiger partial charge < -0.3 is 20.3 Å². The van der Waals surface area contributed by atoms with Gasteiger partial charge >= 0.3 is 0 Å². The van der Waals surface area contributed by atoms with E-state index < -0.39 is 11.6 Å². The van der Waals surface area contributed by atoms with E-state index in [1.165, 1.54) is 27.6 Å². The van der Waals surface area contributed by atoms with Crippen molar-refractivity contribution in [2.75, 3.05) is 13.7 Å². The summed E-state index contributed by atoms with van der Waals surface area (Å²) in [5.74, 6) is -0.298. The lowest BCUT2D eigenvalue weighted by molar-refractivity contribution is -0.141. The highest BCUT2D eigenvalue weighted by molar-refractivity contribution is 7.12. The first-order valence-corrected chi connectivity index (χ1v) is 13.1. The van der Waals surface area contributed by atoms with E-state index in [9.17, 15) is 14.4 Å². The second-order valence-electron chi connectivity index (χ2n) is 8.66. The Bertz CT molecular complexity index is 1110. The number of nitrogens with zero attached hydrogens (tertiary/aromatic N) is 1. The number of nitrogens with one attached hydrogen (secondary N) is 2. The van der Waals surface area contributed by atoms with Crippen LogP contribution in [0.1, 0.15) is 53.3 Å². The van der Waals surface area contributed by atoms with Crippen LogP contribution < -0.4 is 15.4 Å². The minimum atomic E-state index is -0.889. The van der Waals surface area contributed by atoms with Crippen molar-refractivity contribution in [2.24, 2.45) is 0 Å². The molecule has 0 bridgehead atoms. The van der Waals surface area contributed by atoms with Crippen LogP contribution in [0.5, 0.6) is 5.75 Å². The monoisotopic (exact) mass is 513 g/mol. The van der Waals surface area contributed by atoms with Gasteiger partial charge in [0, 0.05) is 10.4 Å². The third kappa shape index (κ3) is 7.16. The van der Waals surface area contributed by atoms with Crippen LogP contribution in [0.2, 0.25) is 0 Å². The van der Waals surface area contributed by atoms with Crippen molar-refractivity contribution in [3.05, 3.63) is 74.6 Å².